The molecule has 0 N–H and O–H groups in total. The third-order valence-electron chi connectivity index (χ3n) is 6.47. The second kappa shape index (κ2) is 8.20. The summed E-state index contributed by atoms with van der Waals surface area (Å²) in [5.74, 6) is 0.877. The van der Waals surface area contributed by atoms with E-state index in [1.165, 1.54) is 0 Å². The molecule has 2 aliphatic heterocycles. The van der Waals surface area contributed by atoms with E-state index in [0.717, 1.165) is 37.1 Å². The van der Waals surface area contributed by atoms with Crippen LogP contribution >= 0.6 is 0 Å². The topological polar surface area (TPSA) is 60.9 Å². The first-order valence-corrected chi connectivity index (χ1v) is 10.5. The number of Topliss-reactive ketones (excluding diaryl/α,β-unsaturated/α-hetero) is 1. The maximum atomic E-state index is 13.4. The molecule has 0 radical (unpaired) electrons. The number of para-hydroxylation sites is 1. The van der Waals surface area contributed by atoms with E-state index in [4.69, 9.17) is 14.2 Å². The van der Waals surface area contributed by atoms with Crippen LogP contribution in [0.1, 0.15) is 24.0 Å². The predicted octanol–water partition coefficient (Wildman–Crippen LogP) is 3.28. The van der Waals surface area contributed by atoms with Gasteiger partial charge in [0.05, 0.1) is 37.7 Å². The fourth-order valence-corrected chi connectivity index (χ4v) is 5.02. The first-order chi connectivity index (χ1) is 14.7. The number of methoxy groups -OCH3 is 1. The highest BCUT2D eigenvalue weighted by Gasteiger charge is 2.49. The van der Waals surface area contributed by atoms with Gasteiger partial charge in [0.25, 0.3) is 0 Å². The lowest BCUT2D eigenvalue weighted by Gasteiger charge is -2.48. The highest BCUT2D eigenvalue weighted by molar-refractivity contribution is 6.22. The summed E-state index contributed by atoms with van der Waals surface area (Å²) in [4.78, 5) is 19.9. The molecule has 1 aromatic heterocycles. The van der Waals surface area contributed by atoms with E-state index in [0.29, 0.717) is 18.1 Å². The van der Waals surface area contributed by atoms with Crippen LogP contribution in [-0.2, 0) is 20.8 Å². The van der Waals surface area contributed by atoms with Gasteiger partial charge in [-0.15, -0.1) is 0 Å². The zero-order valence-electron chi connectivity index (χ0n) is 17.1. The number of rotatable bonds is 4. The molecule has 6 nitrogen and oxygen atoms in total. The lowest BCUT2D eigenvalue weighted by atomic mass is 9.71. The summed E-state index contributed by atoms with van der Waals surface area (Å²) in [6, 6.07) is 11.6. The number of benzene rings is 1. The number of carbonyl (C=O) groups is 1. The van der Waals surface area contributed by atoms with E-state index in [2.05, 4.69) is 16.0 Å². The van der Waals surface area contributed by atoms with Gasteiger partial charge in [0.15, 0.2) is 5.78 Å². The fraction of sp³-hybridized carbons (Fsp3) is 0.417. The van der Waals surface area contributed by atoms with Gasteiger partial charge in [0.1, 0.15) is 11.9 Å². The van der Waals surface area contributed by atoms with Crippen molar-refractivity contribution in [2.45, 2.75) is 31.6 Å². The maximum absolute atomic E-state index is 13.4. The Morgan fingerprint density at radius 2 is 2.10 bits per heavy atom. The fourth-order valence-electron chi connectivity index (χ4n) is 5.02. The van der Waals surface area contributed by atoms with Crippen molar-refractivity contribution in [2.24, 2.45) is 11.8 Å². The summed E-state index contributed by atoms with van der Waals surface area (Å²) in [6.45, 7) is 2.24. The Morgan fingerprint density at radius 1 is 1.20 bits per heavy atom. The summed E-state index contributed by atoms with van der Waals surface area (Å²) < 4.78 is 17.9. The molecule has 4 unspecified atom stereocenters. The van der Waals surface area contributed by atoms with Gasteiger partial charge in [-0.3, -0.25) is 14.7 Å². The zero-order valence-corrected chi connectivity index (χ0v) is 17.1. The van der Waals surface area contributed by atoms with Crippen molar-refractivity contribution in [3.8, 4) is 5.75 Å². The normalized spacial score (nSPS) is 28.7. The van der Waals surface area contributed by atoms with E-state index in [1.54, 1.807) is 19.6 Å². The predicted molar refractivity (Wildman–Crippen MR) is 111 cm³/mol. The van der Waals surface area contributed by atoms with E-state index >= 15 is 0 Å². The average molecular weight is 406 g/mol. The molecule has 3 heterocycles. The van der Waals surface area contributed by atoms with Crippen LogP contribution in [0.2, 0.25) is 0 Å². The lowest BCUT2D eigenvalue weighted by Crippen LogP contribution is -2.56. The molecule has 0 spiro atoms. The van der Waals surface area contributed by atoms with Crippen molar-refractivity contribution in [1.29, 1.82) is 0 Å². The molecule has 1 aromatic carbocycles. The Kier molecular flexibility index (Phi) is 5.27. The van der Waals surface area contributed by atoms with Crippen molar-refractivity contribution in [3.05, 3.63) is 66.2 Å². The van der Waals surface area contributed by atoms with Gasteiger partial charge < -0.3 is 14.2 Å². The number of carbonyl (C=O) groups excluding carboxylic acids is 1. The minimum Gasteiger partial charge on any atom is -0.496 e. The minimum absolute atomic E-state index is 0.141. The largest absolute Gasteiger partial charge is 0.496 e. The van der Waals surface area contributed by atoms with Gasteiger partial charge >= 0.3 is 0 Å². The van der Waals surface area contributed by atoms with Crippen LogP contribution in [0.5, 0.6) is 5.75 Å². The number of fused-ring (bicyclic) bond motifs is 3. The monoisotopic (exact) mass is 406 g/mol. The van der Waals surface area contributed by atoms with Crippen LogP contribution in [0.25, 0.3) is 5.57 Å². The van der Waals surface area contributed by atoms with E-state index in [9.17, 15) is 4.79 Å². The van der Waals surface area contributed by atoms with Crippen LogP contribution in [0.4, 0.5) is 0 Å². The Bertz CT molecular complexity index is 945. The number of ketones is 1. The Balaban J connectivity index is 1.36. The molecular formula is C24H26N2O4. The number of nitrogens with zero attached hydrogens (tertiary/aromatic N) is 2. The van der Waals surface area contributed by atoms with Crippen LogP contribution in [0, 0.1) is 11.8 Å². The van der Waals surface area contributed by atoms with Crippen molar-refractivity contribution in [1.82, 2.24) is 9.88 Å². The number of ether oxygens (including phenoxy) is 3. The van der Waals surface area contributed by atoms with Crippen LogP contribution < -0.4 is 4.74 Å². The Hall–Kier alpha value is -2.70. The third-order valence-corrected chi connectivity index (χ3v) is 6.47. The molecule has 1 aliphatic carbocycles. The molecule has 156 valence electrons. The van der Waals surface area contributed by atoms with Crippen LogP contribution in [0.15, 0.2) is 55.1 Å². The minimum atomic E-state index is -0.147. The smallest absolute Gasteiger partial charge is 0.173 e. The molecular weight excluding hydrogens is 380 g/mol. The quantitative estimate of drug-likeness (QED) is 0.777. The summed E-state index contributed by atoms with van der Waals surface area (Å²) >= 11 is 0. The Labute approximate surface area is 176 Å². The second-order valence-corrected chi connectivity index (χ2v) is 8.25. The van der Waals surface area contributed by atoms with E-state index < -0.39 is 0 Å². The molecule has 0 amide bonds. The third kappa shape index (κ3) is 3.50. The SMILES string of the molecule is COc1ccccc1C1=COC2C(CCC3OCN(Cc4cccnc4)CC32)C1=O. The molecule has 30 heavy (non-hydrogen) atoms. The molecule has 6 heteroatoms. The highest BCUT2D eigenvalue weighted by atomic mass is 16.5. The number of allylic oxidation sites excluding steroid dienone is 1. The molecule has 5 rings (SSSR count). The van der Waals surface area contributed by atoms with Crippen molar-refractivity contribution in [3.63, 3.8) is 0 Å². The molecule has 3 aliphatic rings. The molecule has 1 saturated carbocycles. The van der Waals surface area contributed by atoms with Crippen molar-refractivity contribution in [2.75, 3.05) is 20.4 Å². The van der Waals surface area contributed by atoms with Crippen LogP contribution in [-0.4, -0.2) is 48.3 Å². The lowest BCUT2D eigenvalue weighted by molar-refractivity contribution is -0.171. The van der Waals surface area contributed by atoms with E-state index in [-0.39, 0.29) is 29.8 Å². The Morgan fingerprint density at radius 3 is 2.93 bits per heavy atom. The van der Waals surface area contributed by atoms with Gasteiger partial charge in [-0.1, -0.05) is 24.3 Å². The standard InChI is InChI=1S/C24H26N2O4/c1-28-21-7-3-2-6-17(21)20-14-29-24-18(23(20)27)8-9-22-19(24)13-26(15-30-22)12-16-5-4-10-25-11-16/h2-7,10-11,14,18-19,22,24H,8-9,12-13,15H2,1H3. The molecule has 4 atom stereocenters. The number of hydrogen-bond acceptors (Lipinski definition) is 6. The maximum Gasteiger partial charge on any atom is 0.173 e. The van der Waals surface area contributed by atoms with E-state index in [1.807, 2.05) is 36.5 Å². The average Bonchev–Trinajstić information content (AvgIpc) is 2.80. The molecule has 2 aromatic rings. The highest BCUT2D eigenvalue weighted by Crippen LogP contribution is 2.43. The first-order valence-electron chi connectivity index (χ1n) is 10.5. The van der Waals surface area contributed by atoms with Gasteiger partial charge in [0, 0.05) is 37.0 Å². The molecule has 1 saturated heterocycles. The molecule has 2 fully saturated rings. The summed E-state index contributed by atoms with van der Waals surface area (Å²) in [5.41, 5.74) is 2.56. The van der Waals surface area contributed by atoms with Gasteiger partial charge in [-0.25, -0.2) is 0 Å². The number of hydrogen-bond donors (Lipinski definition) is 0. The summed E-state index contributed by atoms with van der Waals surface area (Å²) in [7, 11) is 1.62. The zero-order chi connectivity index (χ0) is 20.5. The number of aromatic nitrogens is 1. The number of pyridine rings is 1. The van der Waals surface area contributed by atoms with Crippen LogP contribution in [0.3, 0.4) is 0 Å². The second-order valence-electron chi connectivity index (χ2n) is 8.25. The summed E-state index contributed by atoms with van der Waals surface area (Å²) in [5, 5.41) is 0. The van der Waals surface area contributed by atoms with Gasteiger partial charge in [0.2, 0.25) is 0 Å². The summed E-state index contributed by atoms with van der Waals surface area (Å²) in [6.07, 6.45) is 6.99. The molecule has 0 bridgehead atoms. The van der Waals surface area contributed by atoms with Crippen molar-refractivity contribution >= 4 is 11.4 Å². The van der Waals surface area contributed by atoms with Gasteiger partial charge in [-0.2, -0.15) is 0 Å². The first kappa shape index (κ1) is 19.3. The van der Waals surface area contributed by atoms with Gasteiger partial charge in [-0.05, 0) is 30.5 Å². The van der Waals surface area contributed by atoms with Crippen molar-refractivity contribution < 1.29 is 19.0 Å².